The van der Waals surface area contributed by atoms with Crippen molar-refractivity contribution in [1.82, 2.24) is 4.90 Å². The highest BCUT2D eigenvalue weighted by molar-refractivity contribution is 7.80. The molecule has 27 heavy (non-hydrogen) atoms. The van der Waals surface area contributed by atoms with Gasteiger partial charge < -0.3 is 14.5 Å². The summed E-state index contributed by atoms with van der Waals surface area (Å²) in [6.07, 6.45) is -0.690. The highest BCUT2D eigenvalue weighted by atomic mass is 32.1. The number of amides is 1. The maximum atomic E-state index is 14.5. The summed E-state index contributed by atoms with van der Waals surface area (Å²) in [6.45, 7) is 4.17. The predicted molar refractivity (Wildman–Crippen MR) is 106 cm³/mol. The van der Waals surface area contributed by atoms with Crippen molar-refractivity contribution in [2.45, 2.75) is 32.0 Å². The van der Waals surface area contributed by atoms with Crippen LogP contribution in [-0.2, 0) is 16.0 Å². The Bertz CT molecular complexity index is 835. The number of thiocarbonyl (C=S) groups is 1. The lowest BCUT2D eigenvalue weighted by Gasteiger charge is -2.32. The second kappa shape index (κ2) is 7.44. The largest absolute Gasteiger partial charge is 0.378 e. The zero-order valence-electron chi connectivity index (χ0n) is 15.1. The Balaban J connectivity index is 1.54. The number of aliphatic imine (C=N–C) groups is 2. The Morgan fingerprint density at radius 1 is 1.30 bits per heavy atom. The van der Waals surface area contributed by atoms with Crippen molar-refractivity contribution >= 4 is 40.5 Å². The van der Waals surface area contributed by atoms with E-state index in [0.717, 1.165) is 17.7 Å². The number of amidine groups is 2. The van der Waals surface area contributed by atoms with Crippen molar-refractivity contribution < 1.29 is 13.9 Å². The van der Waals surface area contributed by atoms with Crippen molar-refractivity contribution in [1.29, 1.82) is 0 Å². The fourth-order valence-corrected chi connectivity index (χ4v) is 3.99. The van der Waals surface area contributed by atoms with Crippen molar-refractivity contribution in [3.05, 3.63) is 29.8 Å². The first-order valence-electron chi connectivity index (χ1n) is 9.11. The number of ether oxygens (including phenoxy) is 1. The van der Waals surface area contributed by atoms with E-state index in [9.17, 15) is 9.18 Å². The highest BCUT2D eigenvalue weighted by Gasteiger charge is 2.34. The van der Waals surface area contributed by atoms with Crippen LogP contribution in [0, 0.1) is 0 Å². The standard InChI is InChI=1S/C19H21FN4O2S/c1-12-10-13-4-2-3-5-14(13)24(12)16(25)11-15-21-18(17(20)19(27)22-15)23-6-8-26-9-7-23/h2-5,12,17H,6-11H2,1H3/t12-,17?/m0/s1. The van der Waals surface area contributed by atoms with Crippen molar-refractivity contribution in [2.75, 3.05) is 31.2 Å². The van der Waals surface area contributed by atoms with Crippen LogP contribution in [0.25, 0.3) is 0 Å². The Morgan fingerprint density at radius 2 is 2.04 bits per heavy atom. The molecule has 3 heterocycles. The van der Waals surface area contributed by atoms with Gasteiger partial charge in [0.05, 0.1) is 19.6 Å². The van der Waals surface area contributed by atoms with E-state index in [1.165, 1.54) is 0 Å². The number of benzene rings is 1. The monoisotopic (exact) mass is 388 g/mol. The molecule has 2 atom stereocenters. The Labute approximate surface area is 162 Å². The molecule has 0 aliphatic carbocycles. The van der Waals surface area contributed by atoms with Crippen molar-refractivity contribution in [3.8, 4) is 0 Å². The van der Waals surface area contributed by atoms with Crippen molar-refractivity contribution in [2.24, 2.45) is 9.98 Å². The van der Waals surface area contributed by atoms with Gasteiger partial charge in [0.15, 0.2) is 0 Å². The molecular weight excluding hydrogens is 367 g/mol. The molecule has 1 aromatic carbocycles. The molecular formula is C19H21FN4O2S. The van der Waals surface area contributed by atoms with Crippen LogP contribution in [0.5, 0.6) is 0 Å². The molecule has 0 saturated carbocycles. The summed E-state index contributed by atoms with van der Waals surface area (Å²) in [5.74, 6) is 0.421. The van der Waals surface area contributed by atoms with Crippen molar-refractivity contribution in [3.63, 3.8) is 0 Å². The number of hydrogen-bond acceptors (Lipinski definition) is 5. The van der Waals surface area contributed by atoms with Gasteiger partial charge in [0.2, 0.25) is 12.1 Å². The fraction of sp³-hybridized carbons (Fsp3) is 0.474. The number of carbonyl (C=O) groups excluding carboxylic acids is 1. The summed E-state index contributed by atoms with van der Waals surface area (Å²) in [5, 5.41) is 0. The van der Waals surface area contributed by atoms with Crippen LogP contribution in [0.1, 0.15) is 18.9 Å². The van der Waals surface area contributed by atoms with Gasteiger partial charge in [-0.15, -0.1) is 0 Å². The van der Waals surface area contributed by atoms with Crippen LogP contribution in [0.4, 0.5) is 10.1 Å². The number of hydrogen-bond donors (Lipinski definition) is 0. The van der Waals surface area contributed by atoms with E-state index in [4.69, 9.17) is 17.0 Å². The van der Waals surface area contributed by atoms with Crippen LogP contribution >= 0.6 is 12.2 Å². The van der Waals surface area contributed by atoms with E-state index in [1.807, 2.05) is 36.1 Å². The SMILES string of the molecule is C[C@H]1Cc2ccccc2N1C(=O)CC1=NC(=S)C(F)C(N2CCOCC2)=N1. The minimum Gasteiger partial charge on any atom is -0.378 e. The van der Waals surface area contributed by atoms with Crippen LogP contribution < -0.4 is 4.90 Å². The summed E-state index contributed by atoms with van der Waals surface area (Å²) in [6, 6.07) is 7.96. The van der Waals surface area contributed by atoms with E-state index >= 15 is 0 Å². The minimum absolute atomic E-state index is 0.000621. The third kappa shape index (κ3) is 3.51. The molecule has 1 fully saturated rings. The summed E-state index contributed by atoms with van der Waals surface area (Å²) >= 11 is 5.10. The lowest BCUT2D eigenvalue weighted by atomic mass is 10.1. The second-order valence-corrected chi connectivity index (χ2v) is 7.34. The van der Waals surface area contributed by atoms with Gasteiger partial charge in [0, 0.05) is 24.8 Å². The number of morpholine rings is 1. The molecule has 1 amide bonds. The van der Waals surface area contributed by atoms with Gasteiger partial charge in [-0.2, -0.15) is 0 Å². The maximum Gasteiger partial charge on any atom is 0.234 e. The molecule has 142 valence electrons. The molecule has 4 rings (SSSR count). The minimum atomic E-state index is -1.51. The molecule has 3 aliphatic rings. The number of nitrogens with zero attached hydrogens (tertiary/aromatic N) is 4. The summed E-state index contributed by atoms with van der Waals surface area (Å²) in [7, 11) is 0. The van der Waals surface area contributed by atoms with E-state index in [2.05, 4.69) is 9.98 Å². The van der Waals surface area contributed by atoms with Gasteiger partial charge in [-0.05, 0) is 25.0 Å². The zero-order chi connectivity index (χ0) is 19.0. The first-order chi connectivity index (χ1) is 13.0. The molecule has 0 spiro atoms. The number of para-hydroxylation sites is 1. The molecule has 0 radical (unpaired) electrons. The zero-order valence-corrected chi connectivity index (χ0v) is 15.9. The van der Waals surface area contributed by atoms with Crippen LogP contribution in [-0.4, -0.2) is 66.0 Å². The third-order valence-corrected chi connectivity index (χ3v) is 5.34. The molecule has 0 N–H and O–H groups in total. The van der Waals surface area contributed by atoms with Gasteiger partial charge in [0.25, 0.3) is 0 Å². The number of carbonyl (C=O) groups is 1. The Kier molecular flexibility index (Phi) is 5.01. The third-order valence-electron chi connectivity index (χ3n) is 5.05. The average molecular weight is 388 g/mol. The number of rotatable bonds is 2. The first kappa shape index (κ1) is 18.2. The Hall–Kier alpha value is -2.19. The molecule has 1 aromatic rings. The second-order valence-electron chi connectivity index (χ2n) is 6.92. The number of fused-ring (bicyclic) bond motifs is 1. The molecule has 8 heteroatoms. The van der Waals surface area contributed by atoms with E-state index in [1.54, 1.807) is 4.90 Å². The molecule has 6 nitrogen and oxygen atoms in total. The van der Waals surface area contributed by atoms with Crippen LogP contribution in [0.2, 0.25) is 0 Å². The first-order valence-corrected chi connectivity index (χ1v) is 9.52. The smallest absolute Gasteiger partial charge is 0.234 e. The van der Waals surface area contributed by atoms with E-state index in [-0.39, 0.29) is 35.0 Å². The predicted octanol–water partition coefficient (Wildman–Crippen LogP) is 2.16. The lowest BCUT2D eigenvalue weighted by Crippen LogP contribution is -2.48. The highest BCUT2D eigenvalue weighted by Crippen LogP contribution is 2.32. The number of alkyl halides is 1. The normalized spacial score (nSPS) is 25.2. The summed E-state index contributed by atoms with van der Waals surface area (Å²) in [4.78, 5) is 24.9. The Morgan fingerprint density at radius 3 is 2.81 bits per heavy atom. The average Bonchev–Trinajstić information content (AvgIpc) is 3.01. The molecule has 3 aliphatic heterocycles. The maximum absolute atomic E-state index is 14.5. The molecule has 1 saturated heterocycles. The van der Waals surface area contributed by atoms with Gasteiger partial charge in [0.1, 0.15) is 16.7 Å². The topological polar surface area (TPSA) is 57.5 Å². The van der Waals surface area contributed by atoms with Crippen LogP contribution in [0.15, 0.2) is 34.3 Å². The molecule has 0 bridgehead atoms. The number of anilines is 1. The van der Waals surface area contributed by atoms with Crippen LogP contribution in [0.3, 0.4) is 0 Å². The van der Waals surface area contributed by atoms with Gasteiger partial charge in [-0.3, -0.25) is 4.79 Å². The van der Waals surface area contributed by atoms with Gasteiger partial charge in [-0.25, -0.2) is 14.4 Å². The lowest BCUT2D eigenvalue weighted by molar-refractivity contribution is -0.117. The van der Waals surface area contributed by atoms with E-state index < -0.39 is 6.17 Å². The number of halogens is 1. The quantitative estimate of drug-likeness (QED) is 0.729. The summed E-state index contributed by atoms with van der Waals surface area (Å²) in [5.41, 5.74) is 2.08. The molecule has 0 aromatic heterocycles. The summed E-state index contributed by atoms with van der Waals surface area (Å²) < 4.78 is 19.9. The fourth-order valence-electron chi connectivity index (χ4n) is 3.78. The molecule has 1 unspecified atom stereocenters. The van der Waals surface area contributed by atoms with E-state index in [0.29, 0.717) is 26.3 Å². The van der Waals surface area contributed by atoms with Gasteiger partial charge >= 0.3 is 0 Å². The van der Waals surface area contributed by atoms with Gasteiger partial charge in [-0.1, -0.05) is 30.4 Å².